The number of hydrogen-bond donors (Lipinski definition) is 0. The van der Waals surface area contributed by atoms with Gasteiger partial charge in [0.25, 0.3) is 0 Å². The number of alkyl halides is 1. The lowest BCUT2D eigenvalue weighted by molar-refractivity contribution is -0.170. The number of carbonyl (C=O) groups excluding carboxylic acids is 1. The van der Waals surface area contributed by atoms with Crippen molar-refractivity contribution < 1.29 is 9.63 Å². The molecule has 10 heavy (non-hydrogen) atoms. The van der Waals surface area contributed by atoms with Crippen LogP contribution in [0.1, 0.15) is 6.42 Å². The third-order valence-electron chi connectivity index (χ3n) is 1.61. The molecule has 4 heteroatoms. The average Bonchev–Trinajstić information content (AvgIpc) is 2.63. The van der Waals surface area contributed by atoms with E-state index in [1.54, 1.807) is 7.05 Å². The molecule has 2 atom stereocenters. The van der Waals surface area contributed by atoms with Gasteiger partial charge in [0.2, 0.25) is 5.91 Å². The van der Waals surface area contributed by atoms with Gasteiger partial charge in [0, 0.05) is 11.0 Å². The maximum Gasteiger partial charge on any atom is 0.250 e. The van der Waals surface area contributed by atoms with Gasteiger partial charge in [0.1, 0.15) is 0 Å². The van der Waals surface area contributed by atoms with E-state index in [4.69, 9.17) is 4.84 Å². The summed E-state index contributed by atoms with van der Waals surface area (Å²) in [6.45, 7) is 0. The van der Waals surface area contributed by atoms with Crippen LogP contribution in [0.25, 0.3) is 0 Å². The van der Waals surface area contributed by atoms with Gasteiger partial charge in [-0.25, -0.2) is 5.06 Å². The molecule has 0 N–H and O–H groups in total. The first-order valence-corrected chi connectivity index (χ1v) is 4.37. The van der Waals surface area contributed by atoms with E-state index in [0.717, 1.165) is 6.42 Å². The van der Waals surface area contributed by atoms with Gasteiger partial charge in [-0.1, -0.05) is 22.6 Å². The summed E-state index contributed by atoms with van der Waals surface area (Å²) in [4.78, 5) is 15.9. The van der Waals surface area contributed by atoms with Crippen molar-refractivity contribution in [2.75, 3.05) is 14.2 Å². The van der Waals surface area contributed by atoms with Gasteiger partial charge in [-0.3, -0.25) is 9.63 Å². The summed E-state index contributed by atoms with van der Waals surface area (Å²) < 4.78 is 0.530. The Morgan fingerprint density at radius 3 is 2.60 bits per heavy atom. The standard InChI is InChI=1S/C6H10INO2/c1-8(10-2)6(9)4-3-5(4)7/h4-5H,3H2,1-2H3. The average molecular weight is 255 g/mol. The van der Waals surface area contributed by atoms with Crippen molar-refractivity contribution >= 4 is 28.5 Å². The van der Waals surface area contributed by atoms with E-state index in [-0.39, 0.29) is 11.8 Å². The minimum absolute atomic E-state index is 0.0990. The van der Waals surface area contributed by atoms with E-state index in [0.29, 0.717) is 3.92 Å². The Balaban J connectivity index is 2.35. The zero-order valence-electron chi connectivity index (χ0n) is 6.00. The lowest BCUT2D eigenvalue weighted by Crippen LogP contribution is -2.27. The second-order valence-electron chi connectivity index (χ2n) is 2.38. The Morgan fingerprint density at radius 2 is 2.30 bits per heavy atom. The van der Waals surface area contributed by atoms with E-state index in [2.05, 4.69) is 22.6 Å². The van der Waals surface area contributed by atoms with Gasteiger partial charge in [-0.05, 0) is 6.42 Å². The molecule has 1 aliphatic carbocycles. The number of carbonyl (C=O) groups is 1. The lowest BCUT2D eigenvalue weighted by Gasteiger charge is -2.12. The number of halogens is 1. The van der Waals surface area contributed by atoms with Crippen molar-refractivity contribution in [3.05, 3.63) is 0 Å². The van der Waals surface area contributed by atoms with Crippen molar-refractivity contribution in [2.24, 2.45) is 5.92 Å². The molecule has 1 fully saturated rings. The molecule has 0 radical (unpaired) electrons. The van der Waals surface area contributed by atoms with Crippen LogP contribution in [0.15, 0.2) is 0 Å². The summed E-state index contributed by atoms with van der Waals surface area (Å²) in [5.74, 6) is 0.312. The van der Waals surface area contributed by atoms with E-state index < -0.39 is 0 Å². The highest BCUT2D eigenvalue weighted by Gasteiger charge is 2.42. The van der Waals surface area contributed by atoms with E-state index in [1.165, 1.54) is 12.2 Å². The maximum atomic E-state index is 11.1. The third kappa shape index (κ3) is 1.60. The molecule has 1 amide bonds. The quantitative estimate of drug-likeness (QED) is 0.415. The van der Waals surface area contributed by atoms with Gasteiger partial charge in [-0.2, -0.15) is 0 Å². The number of hydroxylamine groups is 2. The number of rotatable bonds is 2. The highest BCUT2D eigenvalue weighted by molar-refractivity contribution is 14.1. The van der Waals surface area contributed by atoms with Crippen LogP contribution in [-0.2, 0) is 9.63 Å². The Bertz CT molecular complexity index is 145. The summed E-state index contributed by atoms with van der Waals surface area (Å²) >= 11 is 2.28. The van der Waals surface area contributed by atoms with Gasteiger partial charge in [0.15, 0.2) is 0 Å². The van der Waals surface area contributed by atoms with Crippen molar-refractivity contribution in [3.63, 3.8) is 0 Å². The molecule has 0 aromatic rings. The number of hydrogen-bond acceptors (Lipinski definition) is 2. The summed E-state index contributed by atoms with van der Waals surface area (Å²) in [5, 5.41) is 1.29. The normalized spacial score (nSPS) is 29.9. The minimum Gasteiger partial charge on any atom is -0.275 e. The Morgan fingerprint density at radius 1 is 1.80 bits per heavy atom. The zero-order valence-corrected chi connectivity index (χ0v) is 8.16. The molecule has 0 saturated heterocycles. The van der Waals surface area contributed by atoms with E-state index in [1.807, 2.05) is 0 Å². The largest absolute Gasteiger partial charge is 0.275 e. The monoisotopic (exact) mass is 255 g/mol. The van der Waals surface area contributed by atoms with Crippen molar-refractivity contribution in [1.82, 2.24) is 5.06 Å². The van der Waals surface area contributed by atoms with Crippen LogP contribution in [0.2, 0.25) is 0 Å². The SMILES string of the molecule is CON(C)C(=O)C1CC1I. The van der Waals surface area contributed by atoms with Crippen LogP contribution in [0.3, 0.4) is 0 Å². The molecule has 2 unspecified atom stereocenters. The topological polar surface area (TPSA) is 29.5 Å². The van der Waals surface area contributed by atoms with Gasteiger partial charge < -0.3 is 0 Å². The molecule has 3 nitrogen and oxygen atoms in total. The van der Waals surface area contributed by atoms with Gasteiger partial charge in [0.05, 0.1) is 13.0 Å². The van der Waals surface area contributed by atoms with Crippen LogP contribution < -0.4 is 0 Å². The van der Waals surface area contributed by atoms with Crippen LogP contribution in [0.4, 0.5) is 0 Å². The predicted octanol–water partition coefficient (Wildman–Crippen LogP) is 0.830. The van der Waals surface area contributed by atoms with Crippen LogP contribution in [0, 0.1) is 5.92 Å². The number of nitrogens with zero attached hydrogens (tertiary/aromatic N) is 1. The van der Waals surface area contributed by atoms with Gasteiger partial charge >= 0.3 is 0 Å². The first kappa shape index (κ1) is 8.26. The van der Waals surface area contributed by atoms with Crippen molar-refractivity contribution in [3.8, 4) is 0 Å². The molecule has 0 heterocycles. The fraction of sp³-hybridized carbons (Fsp3) is 0.833. The molecule has 1 aliphatic rings. The molecule has 0 aliphatic heterocycles. The van der Waals surface area contributed by atoms with Gasteiger partial charge in [-0.15, -0.1) is 0 Å². The molecule has 1 saturated carbocycles. The maximum absolute atomic E-state index is 11.1. The molecular formula is C6H10INO2. The van der Waals surface area contributed by atoms with Crippen LogP contribution >= 0.6 is 22.6 Å². The molecule has 0 aromatic carbocycles. The second-order valence-corrected chi connectivity index (χ2v) is 3.98. The van der Waals surface area contributed by atoms with Crippen LogP contribution in [0.5, 0.6) is 0 Å². The zero-order chi connectivity index (χ0) is 7.72. The Hall–Kier alpha value is 0.160. The highest BCUT2D eigenvalue weighted by Crippen LogP contribution is 2.39. The molecule has 0 aromatic heterocycles. The Kier molecular flexibility index (Phi) is 2.51. The Labute approximate surface area is 73.8 Å². The first-order chi connectivity index (χ1) is 4.66. The summed E-state index contributed by atoms with van der Waals surface area (Å²) in [6, 6.07) is 0. The fourth-order valence-corrected chi connectivity index (χ4v) is 1.60. The summed E-state index contributed by atoms with van der Waals surface area (Å²) in [7, 11) is 3.15. The first-order valence-electron chi connectivity index (χ1n) is 3.12. The third-order valence-corrected chi connectivity index (χ3v) is 2.99. The van der Waals surface area contributed by atoms with Crippen LogP contribution in [-0.4, -0.2) is 29.1 Å². The van der Waals surface area contributed by atoms with Crippen molar-refractivity contribution in [1.29, 1.82) is 0 Å². The minimum atomic E-state index is 0.0990. The molecule has 1 rings (SSSR count). The molecule has 0 spiro atoms. The second kappa shape index (κ2) is 3.04. The fourth-order valence-electron chi connectivity index (χ4n) is 0.743. The summed E-state index contributed by atoms with van der Waals surface area (Å²) in [5.41, 5.74) is 0. The highest BCUT2D eigenvalue weighted by atomic mass is 127. The van der Waals surface area contributed by atoms with Crippen molar-refractivity contribution in [2.45, 2.75) is 10.3 Å². The predicted molar refractivity (Wildman–Crippen MR) is 45.7 cm³/mol. The molecule has 58 valence electrons. The van der Waals surface area contributed by atoms with E-state index in [9.17, 15) is 4.79 Å². The number of amides is 1. The smallest absolute Gasteiger partial charge is 0.250 e. The molecular weight excluding hydrogens is 245 g/mol. The lowest BCUT2D eigenvalue weighted by atomic mass is 10.4. The van der Waals surface area contributed by atoms with E-state index >= 15 is 0 Å². The molecule has 0 bridgehead atoms. The summed E-state index contributed by atoms with van der Waals surface area (Å²) in [6.07, 6.45) is 1.01.